The molecule has 146 valence electrons. The number of amides is 1. The summed E-state index contributed by atoms with van der Waals surface area (Å²) in [7, 11) is -4.84. The van der Waals surface area contributed by atoms with Crippen LogP contribution in [-0.4, -0.2) is 29.9 Å². The van der Waals surface area contributed by atoms with Gasteiger partial charge in [-0.25, -0.2) is 8.42 Å². The van der Waals surface area contributed by atoms with Gasteiger partial charge >= 0.3 is 5.76 Å². The van der Waals surface area contributed by atoms with E-state index in [0.717, 1.165) is 24.6 Å². The first-order valence-electron chi connectivity index (χ1n) is 8.54. The van der Waals surface area contributed by atoms with Crippen LogP contribution < -0.4 is 5.32 Å². The molecule has 1 saturated carbocycles. The van der Waals surface area contributed by atoms with Crippen LogP contribution >= 0.6 is 0 Å². The predicted octanol–water partition coefficient (Wildman–Crippen LogP) is 3.76. The summed E-state index contributed by atoms with van der Waals surface area (Å²) in [6, 6.07) is 6.78. The van der Waals surface area contributed by atoms with Gasteiger partial charge in [0.1, 0.15) is 0 Å². The number of hydrogen-bond donors (Lipinski definition) is 1. The van der Waals surface area contributed by atoms with Crippen molar-refractivity contribution in [3.8, 4) is 0 Å². The highest BCUT2D eigenvalue weighted by Crippen LogP contribution is 2.41. The van der Waals surface area contributed by atoms with Gasteiger partial charge in [-0.3, -0.25) is 9.48 Å². The Balaban J connectivity index is 1.94. The highest BCUT2D eigenvalue weighted by molar-refractivity contribution is 7.91. The molecular formula is C18H21F2N3O3S. The lowest BCUT2D eigenvalue weighted by molar-refractivity contribution is 0.102. The maximum absolute atomic E-state index is 12.9. The summed E-state index contributed by atoms with van der Waals surface area (Å²) in [4.78, 5) is 12.0. The van der Waals surface area contributed by atoms with Crippen LogP contribution in [0.2, 0.25) is 0 Å². The van der Waals surface area contributed by atoms with Gasteiger partial charge < -0.3 is 5.32 Å². The lowest BCUT2D eigenvalue weighted by Gasteiger charge is -2.22. The second-order valence-electron chi connectivity index (χ2n) is 7.57. The van der Waals surface area contributed by atoms with Gasteiger partial charge in [-0.05, 0) is 51.8 Å². The second-order valence-corrected chi connectivity index (χ2v) is 9.45. The second kappa shape index (κ2) is 6.70. The van der Waals surface area contributed by atoms with Gasteiger partial charge in [0.2, 0.25) is 9.84 Å². The minimum Gasteiger partial charge on any atom is -0.319 e. The van der Waals surface area contributed by atoms with Crippen molar-refractivity contribution in [2.45, 2.75) is 55.7 Å². The van der Waals surface area contributed by atoms with Crippen molar-refractivity contribution >= 4 is 21.4 Å². The minimum absolute atomic E-state index is 0.121. The summed E-state index contributed by atoms with van der Waals surface area (Å²) in [6.45, 7) is 5.91. The molecule has 0 bridgehead atoms. The van der Waals surface area contributed by atoms with Gasteiger partial charge in [-0.15, -0.1) is 0 Å². The molecule has 1 aromatic carbocycles. The number of rotatable bonds is 5. The zero-order valence-corrected chi connectivity index (χ0v) is 16.1. The summed E-state index contributed by atoms with van der Waals surface area (Å²) in [5, 5.41) is 6.78. The van der Waals surface area contributed by atoms with Gasteiger partial charge in [0.25, 0.3) is 5.91 Å². The van der Waals surface area contributed by atoms with Crippen LogP contribution in [-0.2, 0) is 15.4 Å². The molecule has 0 atom stereocenters. The van der Waals surface area contributed by atoms with Crippen LogP contribution in [0.1, 0.15) is 55.7 Å². The van der Waals surface area contributed by atoms with Crippen molar-refractivity contribution in [1.82, 2.24) is 9.78 Å². The molecular weight excluding hydrogens is 376 g/mol. The number of sulfone groups is 1. The van der Waals surface area contributed by atoms with E-state index in [1.54, 1.807) is 10.7 Å². The van der Waals surface area contributed by atoms with E-state index in [2.05, 4.69) is 10.4 Å². The maximum Gasteiger partial charge on any atom is 0.341 e. The van der Waals surface area contributed by atoms with E-state index < -0.39 is 26.4 Å². The van der Waals surface area contributed by atoms with E-state index in [1.165, 1.54) is 18.2 Å². The third-order valence-electron chi connectivity index (χ3n) is 4.28. The first-order chi connectivity index (χ1) is 12.5. The van der Waals surface area contributed by atoms with Crippen molar-refractivity contribution in [3.05, 3.63) is 41.7 Å². The molecule has 1 aliphatic carbocycles. The molecule has 1 amide bonds. The smallest absolute Gasteiger partial charge is 0.319 e. The fourth-order valence-electron chi connectivity index (χ4n) is 2.81. The van der Waals surface area contributed by atoms with Crippen LogP contribution in [0.5, 0.6) is 0 Å². The average molecular weight is 397 g/mol. The van der Waals surface area contributed by atoms with Gasteiger partial charge in [0, 0.05) is 11.6 Å². The SMILES string of the molecule is CC(C)(C)n1nc(C(=O)Nc2ccccc2S(=O)(=O)C(F)F)cc1C1CC1. The molecule has 1 aliphatic rings. The van der Waals surface area contributed by atoms with Crippen molar-refractivity contribution in [2.75, 3.05) is 5.32 Å². The van der Waals surface area contributed by atoms with E-state index in [9.17, 15) is 22.0 Å². The summed E-state index contributed by atoms with van der Waals surface area (Å²) in [5.74, 6) is -3.86. The number of nitrogens with zero attached hydrogens (tertiary/aromatic N) is 2. The van der Waals surface area contributed by atoms with E-state index in [1.807, 2.05) is 20.8 Å². The number of carbonyl (C=O) groups excluding carboxylic acids is 1. The molecule has 27 heavy (non-hydrogen) atoms. The molecule has 1 aromatic heterocycles. The van der Waals surface area contributed by atoms with E-state index in [-0.39, 0.29) is 16.9 Å². The summed E-state index contributed by atoms with van der Waals surface area (Å²) >= 11 is 0. The normalized spacial score (nSPS) is 15.2. The fraction of sp³-hybridized carbons (Fsp3) is 0.444. The predicted molar refractivity (Wildman–Crippen MR) is 96.8 cm³/mol. The number of nitrogens with one attached hydrogen (secondary N) is 1. The highest BCUT2D eigenvalue weighted by atomic mass is 32.2. The minimum atomic E-state index is -4.84. The molecule has 2 aromatic rings. The number of carbonyl (C=O) groups is 1. The highest BCUT2D eigenvalue weighted by Gasteiger charge is 2.33. The van der Waals surface area contributed by atoms with Crippen LogP contribution in [0.25, 0.3) is 0 Å². The number of benzene rings is 1. The third kappa shape index (κ3) is 3.87. The van der Waals surface area contributed by atoms with Crippen molar-refractivity contribution in [3.63, 3.8) is 0 Å². The molecule has 9 heteroatoms. The van der Waals surface area contributed by atoms with E-state index in [4.69, 9.17) is 0 Å². The number of halogens is 2. The lowest BCUT2D eigenvalue weighted by atomic mass is 10.1. The average Bonchev–Trinajstić information content (AvgIpc) is 3.31. The quantitative estimate of drug-likeness (QED) is 0.833. The first kappa shape index (κ1) is 19.5. The Morgan fingerprint density at radius 3 is 2.44 bits per heavy atom. The molecule has 0 aliphatic heterocycles. The standard InChI is InChI=1S/C18H21F2N3O3S/c1-18(2,3)23-14(11-8-9-11)10-13(22-23)16(24)21-12-6-4-5-7-15(12)27(25,26)17(19)20/h4-7,10-11,17H,8-9H2,1-3H3,(H,21,24). The Bertz CT molecular complexity index is 974. The van der Waals surface area contributed by atoms with Gasteiger partial charge in [-0.1, -0.05) is 12.1 Å². The summed E-state index contributed by atoms with van der Waals surface area (Å²) in [6.07, 6.45) is 2.05. The molecule has 3 rings (SSSR count). The lowest BCUT2D eigenvalue weighted by Crippen LogP contribution is -2.26. The number of anilines is 1. The van der Waals surface area contributed by atoms with Gasteiger partial charge in [0.15, 0.2) is 5.69 Å². The summed E-state index contributed by atoms with van der Waals surface area (Å²) < 4.78 is 51.3. The van der Waals surface area contributed by atoms with Crippen LogP contribution in [0, 0.1) is 0 Å². The molecule has 0 radical (unpaired) electrons. The van der Waals surface area contributed by atoms with Crippen LogP contribution in [0.4, 0.5) is 14.5 Å². The Morgan fingerprint density at radius 1 is 1.26 bits per heavy atom. The van der Waals surface area contributed by atoms with Gasteiger partial charge in [-0.2, -0.15) is 13.9 Å². The Morgan fingerprint density at radius 2 is 1.89 bits per heavy atom. The monoisotopic (exact) mass is 397 g/mol. The third-order valence-corrected chi connectivity index (χ3v) is 5.72. The molecule has 1 N–H and O–H groups in total. The molecule has 0 unspecified atom stereocenters. The van der Waals surface area contributed by atoms with Crippen LogP contribution in [0.3, 0.4) is 0 Å². The molecule has 1 fully saturated rings. The Kier molecular flexibility index (Phi) is 4.83. The van der Waals surface area contributed by atoms with Crippen molar-refractivity contribution in [2.24, 2.45) is 0 Å². The van der Waals surface area contributed by atoms with Gasteiger partial charge in [0.05, 0.1) is 16.1 Å². The number of para-hydroxylation sites is 1. The topological polar surface area (TPSA) is 81.1 Å². The Labute approximate surface area is 156 Å². The number of aromatic nitrogens is 2. The van der Waals surface area contributed by atoms with Crippen molar-refractivity contribution < 1.29 is 22.0 Å². The maximum atomic E-state index is 12.9. The molecule has 0 saturated heterocycles. The zero-order chi connectivity index (χ0) is 20.0. The summed E-state index contributed by atoms with van der Waals surface area (Å²) in [5.41, 5.74) is 0.547. The first-order valence-corrected chi connectivity index (χ1v) is 10.1. The van der Waals surface area contributed by atoms with Crippen molar-refractivity contribution in [1.29, 1.82) is 0 Å². The molecule has 0 spiro atoms. The largest absolute Gasteiger partial charge is 0.341 e. The molecule has 6 nitrogen and oxygen atoms in total. The number of alkyl halides is 2. The zero-order valence-electron chi connectivity index (χ0n) is 15.2. The van der Waals surface area contributed by atoms with E-state index >= 15 is 0 Å². The Hall–Kier alpha value is -2.29. The van der Waals surface area contributed by atoms with Crippen LogP contribution in [0.15, 0.2) is 35.2 Å². The fourth-order valence-corrected chi connectivity index (χ4v) is 3.70. The van der Waals surface area contributed by atoms with E-state index in [0.29, 0.717) is 5.92 Å². The number of hydrogen-bond acceptors (Lipinski definition) is 4. The molecule has 1 heterocycles.